The summed E-state index contributed by atoms with van der Waals surface area (Å²) in [7, 11) is 0. The van der Waals surface area contributed by atoms with E-state index in [-0.39, 0.29) is 16.4 Å². The normalized spacial score (nSPS) is 15.0. The van der Waals surface area contributed by atoms with Gasteiger partial charge in [-0.05, 0) is 37.5 Å². The Morgan fingerprint density at radius 1 is 0.667 bits per heavy atom. The molecule has 2 heteroatoms. The van der Waals surface area contributed by atoms with Gasteiger partial charge in [0, 0.05) is 11.1 Å². The summed E-state index contributed by atoms with van der Waals surface area (Å²) < 4.78 is 0. The quantitative estimate of drug-likeness (QED) is 0.721. The third-order valence-corrected chi connectivity index (χ3v) is 4.90. The Labute approximate surface area is 115 Å². The van der Waals surface area contributed by atoms with Gasteiger partial charge in [0.15, 0.2) is 0 Å². The highest BCUT2D eigenvalue weighted by molar-refractivity contribution is 5.16. The monoisotopic (exact) mass is 256 g/mol. The van der Waals surface area contributed by atoms with Crippen LogP contribution < -0.4 is 11.5 Å². The van der Waals surface area contributed by atoms with Crippen molar-refractivity contribution in [3.8, 4) is 0 Å². The zero-order chi connectivity index (χ0) is 14.8. The predicted molar refractivity (Wildman–Crippen MR) is 82.6 cm³/mol. The van der Waals surface area contributed by atoms with Crippen LogP contribution in [-0.4, -0.2) is 11.1 Å². The molecule has 0 unspecified atom stereocenters. The highest BCUT2D eigenvalue weighted by Crippen LogP contribution is 2.51. The predicted octanol–water partition coefficient (Wildman–Crippen LogP) is 4.07. The fraction of sp³-hybridized carbons (Fsp3) is 1.00. The molecule has 0 aliphatic carbocycles. The summed E-state index contributed by atoms with van der Waals surface area (Å²) >= 11 is 0. The van der Waals surface area contributed by atoms with E-state index in [0.29, 0.717) is 0 Å². The molecule has 0 amide bonds. The van der Waals surface area contributed by atoms with Crippen molar-refractivity contribution in [2.75, 3.05) is 0 Å². The molecular weight excluding hydrogens is 220 g/mol. The molecule has 0 saturated carbocycles. The van der Waals surface area contributed by atoms with Gasteiger partial charge in [0.05, 0.1) is 0 Å². The minimum Gasteiger partial charge on any atom is -0.324 e. The topological polar surface area (TPSA) is 52.0 Å². The summed E-state index contributed by atoms with van der Waals surface area (Å²) in [6, 6.07) is 0. The van der Waals surface area contributed by atoms with Crippen molar-refractivity contribution in [2.45, 2.75) is 92.2 Å². The van der Waals surface area contributed by atoms with E-state index in [1.54, 1.807) is 0 Å². The molecular formula is C16H36N2. The Morgan fingerprint density at radius 3 is 1.11 bits per heavy atom. The fourth-order valence-electron chi connectivity index (χ4n) is 4.30. The molecule has 0 radical (unpaired) electrons. The van der Waals surface area contributed by atoms with E-state index in [2.05, 4.69) is 55.4 Å². The van der Waals surface area contributed by atoms with E-state index in [1.165, 1.54) is 0 Å². The Hall–Kier alpha value is -0.0800. The summed E-state index contributed by atoms with van der Waals surface area (Å²) in [6.07, 6.45) is 4.50. The molecule has 2 nitrogen and oxygen atoms in total. The third-order valence-electron chi connectivity index (χ3n) is 4.90. The lowest BCUT2D eigenvalue weighted by molar-refractivity contribution is -0.0303. The summed E-state index contributed by atoms with van der Waals surface area (Å²) in [5.74, 6) is 0. The first kappa shape index (κ1) is 17.9. The maximum atomic E-state index is 6.98. The number of rotatable bonds is 7. The van der Waals surface area contributed by atoms with E-state index in [9.17, 15) is 0 Å². The second kappa shape index (κ2) is 5.50. The molecule has 0 heterocycles. The first-order chi connectivity index (χ1) is 7.87. The van der Waals surface area contributed by atoms with Crippen molar-refractivity contribution < 1.29 is 0 Å². The Balaban J connectivity index is 5.74. The van der Waals surface area contributed by atoms with Gasteiger partial charge in [-0.2, -0.15) is 0 Å². The standard InChI is InChI=1S/C16H36N2/c1-9-11-13(3,4)16(18,15(7,8)17)14(5,6)12-10-2/h9-12,17-18H2,1-8H3. The zero-order valence-corrected chi connectivity index (χ0v) is 14.0. The SMILES string of the molecule is CCCC(C)(C)C(N)(C(C)(C)N)C(C)(C)CCC. The molecule has 0 aromatic carbocycles. The van der Waals surface area contributed by atoms with Crippen LogP contribution in [0.2, 0.25) is 0 Å². The van der Waals surface area contributed by atoms with Gasteiger partial charge >= 0.3 is 0 Å². The van der Waals surface area contributed by atoms with E-state index in [4.69, 9.17) is 11.5 Å². The Kier molecular flexibility index (Phi) is 5.48. The van der Waals surface area contributed by atoms with Gasteiger partial charge in [-0.3, -0.25) is 0 Å². The molecule has 0 aromatic heterocycles. The van der Waals surface area contributed by atoms with Crippen LogP contribution in [0.15, 0.2) is 0 Å². The number of hydrogen-bond donors (Lipinski definition) is 2. The van der Waals surface area contributed by atoms with Crippen LogP contribution in [0.4, 0.5) is 0 Å². The van der Waals surface area contributed by atoms with Crippen molar-refractivity contribution in [3.05, 3.63) is 0 Å². The number of hydrogen-bond acceptors (Lipinski definition) is 2. The second-order valence-electron chi connectivity index (χ2n) is 7.80. The van der Waals surface area contributed by atoms with Gasteiger partial charge in [0.1, 0.15) is 0 Å². The van der Waals surface area contributed by atoms with E-state index >= 15 is 0 Å². The van der Waals surface area contributed by atoms with Gasteiger partial charge in [0.2, 0.25) is 0 Å². The minimum atomic E-state index is -0.398. The molecule has 0 aliphatic heterocycles. The lowest BCUT2D eigenvalue weighted by Gasteiger charge is -2.60. The Morgan fingerprint density at radius 2 is 0.944 bits per heavy atom. The molecule has 4 N–H and O–H groups in total. The van der Waals surface area contributed by atoms with Gasteiger partial charge < -0.3 is 11.5 Å². The average molecular weight is 256 g/mol. The van der Waals surface area contributed by atoms with Crippen molar-refractivity contribution in [1.29, 1.82) is 0 Å². The molecule has 0 aliphatic rings. The molecule has 0 rings (SSSR count). The highest BCUT2D eigenvalue weighted by atomic mass is 15.0. The van der Waals surface area contributed by atoms with Gasteiger partial charge in [-0.1, -0.05) is 54.4 Å². The summed E-state index contributed by atoms with van der Waals surface area (Å²) in [5, 5.41) is 0. The molecule has 0 spiro atoms. The summed E-state index contributed by atoms with van der Waals surface area (Å²) in [4.78, 5) is 0. The van der Waals surface area contributed by atoms with Crippen LogP contribution >= 0.6 is 0 Å². The summed E-state index contributed by atoms with van der Waals surface area (Å²) in [5.41, 5.74) is 12.8. The minimum absolute atomic E-state index is 0.0265. The van der Waals surface area contributed by atoms with Crippen LogP contribution in [0, 0.1) is 10.8 Å². The smallest absolute Gasteiger partial charge is 0.0434 e. The van der Waals surface area contributed by atoms with Gasteiger partial charge in [0.25, 0.3) is 0 Å². The second-order valence-corrected chi connectivity index (χ2v) is 7.80. The lowest BCUT2D eigenvalue weighted by Crippen LogP contribution is -2.75. The maximum Gasteiger partial charge on any atom is 0.0434 e. The van der Waals surface area contributed by atoms with Crippen molar-refractivity contribution >= 4 is 0 Å². The van der Waals surface area contributed by atoms with E-state index in [0.717, 1.165) is 25.7 Å². The fourth-order valence-corrected chi connectivity index (χ4v) is 4.30. The lowest BCUT2D eigenvalue weighted by atomic mass is 9.50. The molecule has 0 bridgehead atoms. The number of nitrogens with two attached hydrogens (primary N) is 2. The summed E-state index contributed by atoms with van der Waals surface area (Å²) in [6.45, 7) is 17.7. The zero-order valence-electron chi connectivity index (χ0n) is 14.0. The first-order valence-electron chi connectivity index (χ1n) is 7.45. The van der Waals surface area contributed by atoms with Crippen molar-refractivity contribution in [3.63, 3.8) is 0 Å². The van der Waals surface area contributed by atoms with Crippen LogP contribution in [0.3, 0.4) is 0 Å². The van der Waals surface area contributed by atoms with Crippen LogP contribution in [0.5, 0.6) is 0 Å². The molecule has 0 atom stereocenters. The molecule has 110 valence electrons. The highest BCUT2D eigenvalue weighted by Gasteiger charge is 2.57. The van der Waals surface area contributed by atoms with Gasteiger partial charge in [-0.25, -0.2) is 0 Å². The van der Waals surface area contributed by atoms with Crippen molar-refractivity contribution in [1.82, 2.24) is 0 Å². The molecule has 0 fully saturated rings. The van der Waals surface area contributed by atoms with Crippen molar-refractivity contribution in [2.24, 2.45) is 22.3 Å². The van der Waals surface area contributed by atoms with Crippen LogP contribution in [-0.2, 0) is 0 Å². The molecule has 0 saturated heterocycles. The average Bonchev–Trinajstić information content (AvgIpc) is 2.13. The van der Waals surface area contributed by atoms with Gasteiger partial charge in [-0.15, -0.1) is 0 Å². The molecule has 0 aromatic rings. The third kappa shape index (κ3) is 2.91. The van der Waals surface area contributed by atoms with Crippen LogP contribution in [0.1, 0.15) is 81.1 Å². The first-order valence-corrected chi connectivity index (χ1v) is 7.45. The van der Waals surface area contributed by atoms with Crippen LogP contribution in [0.25, 0.3) is 0 Å². The molecule has 18 heavy (non-hydrogen) atoms. The van der Waals surface area contributed by atoms with E-state index in [1.807, 2.05) is 0 Å². The van der Waals surface area contributed by atoms with E-state index < -0.39 is 5.54 Å². The largest absolute Gasteiger partial charge is 0.324 e. The maximum absolute atomic E-state index is 6.98. The Bertz CT molecular complexity index is 241.